The average molecular weight is 364 g/mol. The van der Waals surface area contributed by atoms with Gasteiger partial charge in [0.15, 0.2) is 5.69 Å². The predicted molar refractivity (Wildman–Crippen MR) is 95.3 cm³/mol. The van der Waals surface area contributed by atoms with Gasteiger partial charge < -0.3 is 15.2 Å². The Morgan fingerprint density at radius 3 is 2.30 bits per heavy atom. The topological polar surface area (TPSA) is 117 Å². The molecule has 1 aromatic heterocycles. The first kappa shape index (κ1) is 16.8. The molecule has 0 saturated carbocycles. The van der Waals surface area contributed by atoms with Crippen LogP contribution in [0.3, 0.4) is 0 Å². The molecular weight excluding hydrogens is 348 g/mol. The van der Waals surface area contributed by atoms with Crippen LogP contribution in [-0.4, -0.2) is 39.2 Å². The Morgan fingerprint density at radius 1 is 1.04 bits per heavy atom. The zero-order valence-corrected chi connectivity index (χ0v) is 14.2. The van der Waals surface area contributed by atoms with Gasteiger partial charge in [0.1, 0.15) is 12.3 Å². The van der Waals surface area contributed by atoms with Crippen LogP contribution in [-0.2, 0) is 11.3 Å². The molecule has 1 heterocycles. The lowest BCUT2D eigenvalue weighted by atomic mass is 9.98. The third kappa shape index (κ3) is 3.12. The Morgan fingerprint density at radius 2 is 1.67 bits per heavy atom. The molecule has 8 heteroatoms. The van der Waals surface area contributed by atoms with E-state index in [0.717, 1.165) is 22.3 Å². The molecule has 1 aliphatic carbocycles. The molecule has 8 nitrogen and oxygen atoms in total. The Balaban J connectivity index is 1.42. The van der Waals surface area contributed by atoms with Gasteiger partial charge in [-0.25, -0.2) is 9.59 Å². The van der Waals surface area contributed by atoms with Crippen molar-refractivity contribution in [2.24, 2.45) is 0 Å². The second-order valence-corrected chi connectivity index (χ2v) is 6.10. The van der Waals surface area contributed by atoms with Crippen LogP contribution in [0.1, 0.15) is 33.2 Å². The van der Waals surface area contributed by atoms with Crippen LogP contribution in [0, 0.1) is 0 Å². The maximum absolute atomic E-state index is 12.1. The maximum Gasteiger partial charge on any atom is 0.407 e. The first-order chi connectivity index (χ1) is 13.1. The number of nitrogens with one attached hydrogen (secondary N) is 2. The normalized spacial score (nSPS) is 12.3. The molecule has 0 unspecified atom stereocenters. The fourth-order valence-corrected chi connectivity index (χ4v) is 3.35. The number of aromatic amines is 1. The molecule has 4 rings (SSSR count). The minimum Gasteiger partial charge on any atom is -0.476 e. The highest BCUT2D eigenvalue weighted by Gasteiger charge is 2.29. The van der Waals surface area contributed by atoms with Crippen LogP contribution in [0.4, 0.5) is 4.79 Å². The fourth-order valence-electron chi connectivity index (χ4n) is 3.35. The average Bonchev–Trinajstić information content (AvgIpc) is 3.28. The molecule has 1 aliphatic rings. The second kappa shape index (κ2) is 6.91. The summed E-state index contributed by atoms with van der Waals surface area (Å²) < 4.78 is 5.38. The molecule has 136 valence electrons. The van der Waals surface area contributed by atoms with E-state index in [0.29, 0.717) is 0 Å². The van der Waals surface area contributed by atoms with E-state index in [1.54, 1.807) is 0 Å². The number of carboxylic acid groups (broad SMARTS) is 1. The Bertz CT molecular complexity index is 969. The maximum atomic E-state index is 12.1. The first-order valence-electron chi connectivity index (χ1n) is 8.37. The molecule has 0 saturated heterocycles. The highest BCUT2D eigenvalue weighted by atomic mass is 16.5. The summed E-state index contributed by atoms with van der Waals surface area (Å²) in [5.41, 5.74) is 4.45. The lowest BCUT2D eigenvalue weighted by Crippen LogP contribution is -2.26. The van der Waals surface area contributed by atoms with Gasteiger partial charge in [-0.15, -0.1) is 5.10 Å². The van der Waals surface area contributed by atoms with Gasteiger partial charge in [-0.3, -0.25) is 0 Å². The Labute approximate surface area is 154 Å². The Hall–Kier alpha value is -3.68. The molecule has 2 aromatic carbocycles. The predicted octanol–water partition coefficient (Wildman–Crippen LogP) is 2.54. The summed E-state index contributed by atoms with van der Waals surface area (Å²) in [5.74, 6) is -1.25. The van der Waals surface area contributed by atoms with Crippen molar-refractivity contribution in [2.45, 2.75) is 12.5 Å². The third-order valence-corrected chi connectivity index (χ3v) is 4.57. The number of carbonyl (C=O) groups excluding carboxylic acids is 1. The van der Waals surface area contributed by atoms with E-state index in [-0.39, 0.29) is 30.5 Å². The van der Waals surface area contributed by atoms with Crippen LogP contribution in [0.5, 0.6) is 0 Å². The minimum absolute atomic E-state index is 0.0372. The van der Waals surface area contributed by atoms with Crippen molar-refractivity contribution in [3.8, 4) is 11.1 Å². The molecule has 0 spiro atoms. The van der Waals surface area contributed by atoms with Gasteiger partial charge in [0.2, 0.25) is 0 Å². The lowest BCUT2D eigenvalue weighted by Gasteiger charge is -2.14. The number of carboxylic acids is 1. The number of hydrogen-bond donors (Lipinski definition) is 3. The number of fused-ring (bicyclic) bond motifs is 3. The molecule has 0 aliphatic heterocycles. The lowest BCUT2D eigenvalue weighted by molar-refractivity contribution is 0.0688. The molecule has 0 fully saturated rings. The van der Waals surface area contributed by atoms with Crippen molar-refractivity contribution in [3.05, 3.63) is 71.0 Å². The number of aromatic nitrogens is 3. The number of rotatable bonds is 5. The third-order valence-electron chi connectivity index (χ3n) is 4.57. The van der Waals surface area contributed by atoms with E-state index in [2.05, 4.69) is 32.9 Å². The zero-order valence-electron chi connectivity index (χ0n) is 14.2. The van der Waals surface area contributed by atoms with Crippen molar-refractivity contribution < 1.29 is 19.4 Å². The molecule has 1 amide bonds. The van der Waals surface area contributed by atoms with E-state index in [4.69, 9.17) is 9.84 Å². The number of amides is 1. The number of ether oxygens (including phenoxy) is 1. The number of nitrogens with zero attached hydrogens (tertiary/aromatic N) is 2. The number of carbonyl (C=O) groups is 2. The van der Waals surface area contributed by atoms with Gasteiger partial charge in [-0.05, 0) is 22.3 Å². The quantitative estimate of drug-likeness (QED) is 0.640. The van der Waals surface area contributed by atoms with Crippen molar-refractivity contribution in [2.75, 3.05) is 6.61 Å². The minimum atomic E-state index is -1.21. The van der Waals surface area contributed by atoms with Gasteiger partial charge in [-0.1, -0.05) is 48.5 Å². The number of benzene rings is 2. The molecule has 0 bridgehead atoms. The van der Waals surface area contributed by atoms with Gasteiger partial charge in [-0.2, -0.15) is 10.3 Å². The van der Waals surface area contributed by atoms with Crippen LogP contribution < -0.4 is 5.32 Å². The van der Waals surface area contributed by atoms with Crippen molar-refractivity contribution in [1.29, 1.82) is 0 Å². The summed E-state index contributed by atoms with van der Waals surface area (Å²) in [6.07, 6.45) is -0.642. The molecular formula is C19H16N4O4. The smallest absolute Gasteiger partial charge is 0.407 e. The van der Waals surface area contributed by atoms with E-state index >= 15 is 0 Å². The molecule has 3 aromatic rings. The van der Waals surface area contributed by atoms with Crippen LogP contribution in [0.2, 0.25) is 0 Å². The van der Waals surface area contributed by atoms with E-state index in [1.807, 2.05) is 36.4 Å². The van der Waals surface area contributed by atoms with Crippen LogP contribution in [0.25, 0.3) is 11.1 Å². The van der Waals surface area contributed by atoms with Crippen molar-refractivity contribution in [3.63, 3.8) is 0 Å². The first-order valence-corrected chi connectivity index (χ1v) is 8.37. The van der Waals surface area contributed by atoms with E-state index < -0.39 is 12.1 Å². The number of alkyl carbamates (subject to hydrolysis) is 1. The molecule has 27 heavy (non-hydrogen) atoms. The summed E-state index contributed by atoms with van der Waals surface area (Å²) >= 11 is 0. The highest BCUT2D eigenvalue weighted by molar-refractivity contribution is 5.86. The van der Waals surface area contributed by atoms with E-state index in [1.165, 1.54) is 0 Å². The standard InChI is InChI=1S/C19H16N4O4/c24-18(25)17-16(21-23-22-17)9-20-19(26)27-10-15-13-7-3-1-5-11(13)12-6-2-4-8-14(12)15/h1-8,15H,9-10H2,(H,20,26)(H,24,25)(H,21,22,23). The summed E-state index contributed by atoms with van der Waals surface area (Å²) in [6.45, 7) is 0.0965. The Kier molecular flexibility index (Phi) is 4.29. The molecule has 3 N–H and O–H groups in total. The van der Waals surface area contributed by atoms with Gasteiger partial charge in [0, 0.05) is 5.92 Å². The van der Waals surface area contributed by atoms with Gasteiger partial charge >= 0.3 is 12.1 Å². The number of aromatic carboxylic acids is 1. The zero-order chi connectivity index (χ0) is 18.8. The fraction of sp³-hybridized carbons (Fsp3) is 0.158. The molecule has 0 radical (unpaired) electrons. The van der Waals surface area contributed by atoms with Crippen molar-refractivity contribution in [1.82, 2.24) is 20.7 Å². The monoisotopic (exact) mass is 364 g/mol. The summed E-state index contributed by atoms with van der Waals surface area (Å²) in [7, 11) is 0. The van der Waals surface area contributed by atoms with Crippen molar-refractivity contribution >= 4 is 12.1 Å². The summed E-state index contributed by atoms with van der Waals surface area (Å²) in [6, 6.07) is 16.1. The van der Waals surface area contributed by atoms with Crippen LogP contribution in [0.15, 0.2) is 48.5 Å². The second-order valence-electron chi connectivity index (χ2n) is 6.10. The van der Waals surface area contributed by atoms with E-state index in [9.17, 15) is 9.59 Å². The summed E-state index contributed by atoms with van der Waals surface area (Å²) in [5, 5.41) is 21.0. The summed E-state index contributed by atoms with van der Waals surface area (Å²) in [4.78, 5) is 23.1. The number of H-pyrrole nitrogens is 1. The molecule has 0 atom stereocenters. The number of hydrogen-bond acceptors (Lipinski definition) is 5. The highest BCUT2D eigenvalue weighted by Crippen LogP contribution is 2.44. The van der Waals surface area contributed by atoms with Gasteiger partial charge in [0.25, 0.3) is 0 Å². The van der Waals surface area contributed by atoms with Crippen LogP contribution >= 0.6 is 0 Å². The SMILES string of the molecule is O=C(NCc1n[nH]nc1C(=O)O)OCC1c2ccccc2-c2ccccc21. The van der Waals surface area contributed by atoms with Gasteiger partial charge in [0.05, 0.1) is 6.54 Å². The largest absolute Gasteiger partial charge is 0.476 e.